The number of aromatic nitrogens is 2. The standard InChI is InChI=1S/C17H21BrN4O2/c1-13-12-22(9-6-19-13)16-17(23)21(8-7-20-16)10-11-24-15-4-2-14(18)3-5-15/h2-5,7-8,13,19H,6,9-12H2,1H3. The molecule has 6 nitrogen and oxygen atoms in total. The number of benzene rings is 1. The molecule has 0 bridgehead atoms. The largest absolute Gasteiger partial charge is 0.492 e. The third-order valence-corrected chi connectivity index (χ3v) is 4.51. The maximum atomic E-state index is 12.6. The summed E-state index contributed by atoms with van der Waals surface area (Å²) in [5.41, 5.74) is -0.0639. The summed E-state index contributed by atoms with van der Waals surface area (Å²) in [4.78, 5) is 19.0. The summed E-state index contributed by atoms with van der Waals surface area (Å²) in [6.45, 7) is 5.49. The predicted molar refractivity (Wildman–Crippen MR) is 97.8 cm³/mol. The third-order valence-electron chi connectivity index (χ3n) is 3.98. The summed E-state index contributed by atoms with van der Waals surface area (Å²) in [6.07, 6.45) is 3.39. The zero-order valence-electron chi connectivity index (χ0n) is 13.6. The first-order valence-corrected chi connectivity index (χ1v) is 8.85. The SMILES string of the molecule is CC1CN(c2nccn(CCOc3ccc(Br)cc3)c2=O)CCN1. The average molecular weight is 393 g/mol. The first-order chi connectivity index (χ1) is 11.6. The maximum absolute atomic E-state index is 12.6. The molecule has 0 spiro atoms. The van der Waals surface area contributed by atoms with E-state index in [1.165, 1.54) is 0 Å². The molecule has 0 radical (unpaired) electrons. The van der Waals surface area contributed by atoms with Crippen LogP contribution in [0.4, 0.5) is 5.82 Å². The smallest absolute Gasteiger partial charge is 0.293 e. The van der Waals surface area contributed by atoms with E-state index in [9.17, 15) is 4.79 Å². The minimum absolute atomic E-state index is 0.0639. The van der Waals surface area contributed by atoms with E-state index in [0.717, 1.165) is 29.9 Å². The van der Waals surface area contributed by atoms with Crippen molar-refractivity contribution in [2.75, 3.05) is 31.1 Å². The van der Waals surface area contributed by atoms with E-state index < -0.39 is 0 Å². The second-order valence-corrected chi connectivity index (χ2v) is 6.77. The van der Waals surface area contributed by atoms with Crippen molar-refractivity contribution < 1.29 is 4.74 Å². The van der Waals surface area contributed by atoms with Crippen LogP contribution in [0.5, 0.6) is 5.75 Å². The Morgan fingerprint density at radius 2 is 2.17 bits per heavy atom. The Labute approximate surface area is 149 Å². The van der Waals surface area contributed by atoms with Gasteiger partial charge in [-0.3, -0.25) is 4.79 Å². The highest BCUT2D eigenvalue weighted by atomic mass is 79.9. The van der Waals surface area contributed by atoms with Gasteiger partial charge in [-0.2, -0.15) is 0 Å². The number of nitrogens with one attached hydrogen (secondary N) is 1. The Kier molecular flexibility index (Phi) is 5.52. The van der Waals surface area contributed by atoms with Crippen LogP contribution in [0.1, 0.15) is 6.92 Å². The molecular formula is C17H21BrN4O2. The summed E-state index contributed by atoms with van der Waals surface area (Å²) < 4.78 is 8.37. The molecular weight excluding hydrogens is 372 g/mol. The predicted octanol–water partition coefficient (Wildman–Crippen LogP) is 1.88. The van der Waals surface area contributed by atoms with Gasteiger partial charge in [-0.05, 0) is 31.2 Å². The molecule has 7 heteroatoms. The van der Waals surface area contributed by atoms with Crippen LogP contribution in [0.3, 0.4) is 0 Å². The van der Waals surface area contributed by atoms with Crippen LogP contribution >= 0.6 is 15.9 Å². The fourth-order valence-corrected chi connectivity index (χ4v) is 3.01. The van der Waals surface area contributed by atoms with Crippen LogP contribution in [-0.4, -0.2) is 41.8 Å². The van der Waals surface area contributed by atoms with Gasteiger partial charge in [0.1, 0.15) is 12.4 Å². The highest BCUT2D eigenvalue weighted by Crippen LogP contribution is 2.16. The maximum Gasteiger partial charge on any atom is 0.293 e. The topological polar surface area (TPSA) is 59.4 Å². The average Bonchev–Trinajstić information content (AvgIpc) is 2.58. The van der Waals surface area contributed by atoms with E-state index in [-0.39, 0.29) is 5.56 Å². The van der Waals surface area contributed by atoms with Crippen molar-refractivity contribution in [2.45, 2.75) is 19.5 Å². The Balaban J connectivity index is 1.64. The van der Waals surface area contributed by atoms with Crippen molar-refractivity contribution in [3.8, 4) is 5.75 Å². The van der Waals surface area contributed by atoms with Crippen molar-refractivity contribution in [1.82, 2.24) is 14.9 Å². The lowest BCUT2D eigenvalue weighted by Crippen LogP contribution is -2.51. The van der Waals surface area contributed by atoms with Crippen LogP contribution in [-0.2, 0) is 6.54 Å². The van der Waals surface area contributed by atoms with E-state index in [1.54, 1.807) is 17.0 Å². The number of piperazine rings is 1. The molecule has 0 saturated carbocycles. The number of hydrogen-bond donors (Lipinski definition) is 1. The normalized spacial score (nSPS) is 17.8. The van der Waals surface area contributed by atoms with Gasteiger partial charge in [-0.25, -0.2) is 4.98 Å². The van der Waals surface area contributed by atoms with Gasteiger partial charge < -0.3 is 19.5 Å². The molecule has 24 heavy (non-hydrogen) atoms. The number of anilines is 1. The van der Waals surface area contributed by atoms with Gasteiger partial charge in [0.15, 0.2) is 5.82 Å². The number of halogens is 1. The molecule has 128 valence electrons. The van der Waals surface area contributed by atoms with Gasteiger partial charge >= 0.3 is 0 Å². The van der Waals surface area contributed by atoms with E-state index >= 15 is 0 Å². The minimum atomic E-state index is -0.0639. The molecule has 0 aliphatic carbocycles. The van der Waals surface area contributed by atoms with Crippen molar-refractivity contribution in [2.24, 2.45) is 0 Å². The molecule has 1 aromatic carbocycles. The second-order valence-electron chi connectivity index (χ2n) is 5.85. The molecule has 2 aromatic rings. The van der Waals surface area contributed by atoms with Crippen LogP contribution in [0.25, 0.3) is 0 Å². The molecule has 1 atom stereocenters. The molecule has 1 saturated heterocycles. The van der Waals surface area contributed by atoms with Crippen molar-refractivity contribution in [3.63, 3.8) is 0 Å². The number of nitrogens with zero attached hydrogens (tertiary/aromatic N) is 3. The van der Waals surface area contributed by atoms with E-state index in [1.807, 2.05) is 24.3 Å². The van der Waals surface area contributed by atoms with Crippen molar-refractivity contribution >= 4 is 21.7 Å². The number of rotatable bonds is 5. The first-order valence-electron chi connectivity index (χ1n) is 8.05. The van der Waals surface area contributed by atoms with Crippen LogP contribution < -0.4 is 20.5 Å². The molecule has 1 aromatic heterocycles. The highest BCUT2D eigenvalue weighted by Gasteiger charge is 2.19. The van der Waals surface area contributed by atoms with E-state index in [4.69, 9.17) is 4.74 Å². The number of hydrogen-bond acceptors (Lipinski definition) is 5. The fourth-order valence-electron chi connectivity index (χ4n) is 2.75. The summed E-state index contributed by atoms with van der Waals surface area (Å²) in [5.74, 6) is 1.31. The lowest BCUT2D eigenvalue weighted by molar-refractivity contribution is 0.296. The Morgan fingerprint density at radius 3 is 2.92 bits per heavy atom. The molecule has 1 unspecified atom stereocenters. The Bertz CT molecular complexity index is 732. The molecule has 1 N–H and O–H groups in total. The summed E-state index contributed by atoms with van der Waals surface area (Å²) in [6, 6.07) is 8.00. The van der Waals surface area contributed by atoms with Gasteiger partial charge in [0.05, 0.1) is 6.54 Å². The minimum Gasteiger partial charge on any atom is -0.492 e. The van der Waals surface area contributed by atoms with Gasteiger partial charge in [-0.1, -0.05) is 15.9 Å². The van der Waals surface area contributed by atoms with Gasteiger partial charge in [0.25, 0.3) is 5.56 Å². The highest BCUT2D eigenvalue weighted by molar-refractivity contribution is 9.10. The summed E-state index contributed by atoms with van der Waals surface area (Å²) in [7, 11) is 0. The second kappa shape index (κ2) is 7.81. The zero-order valence-corrected chi connectivity index (χ0v) is 15.2. The van der Waals surface area contributed by atoms with Gasteiger partial charge in [-0.15, -0.1) is 0 Å². The quantitative estimate of drug-likeness (QED) is 0.841. The van der Waals surface area contributed by atoms with Crippen molar-refractivity contribution in [1.29, 1.82) is 0 Å². The molecule has 1 fully saturated rings. The zero-order chi connectivity index (χ0) is 16.9. The fraction of sp³-hybridized carbons (Fsp3) is 0.412. The lowest BCUT2D eigenvalue weighted by Gasteiger charge is -2.32. The molecule has 3 rings (SSSR count). The van der Waals surface area contributed by atoms with Crippen LogP contribution in [0.15, 0.2) is 45.9 Å². The van der Waals surface area contributed by atoms with E-state index in [0.29, 0.717) is 25.0 Å². The third kappa shape index (κ3) is 4.15. The lowest BCUT2D eigenvalue weighted by atomic mass is 10.2. The molecule has 1 aliphatic rings. The monoisotopic (exact) mass is 392 g/mol. The van der Waals surface area contributed by atoms with Crippen molar-refractivity contribution in [3.05, 3.63) is 51.5 Å². The van der Waals surface area contributed by atoms with Gasteiger partial charge in [0.2, 0.25) is 0 Å². The Morgan fingerprint density at radius 1 is 1.38 bits per heavy atom. The summed E-state index contributed by atoms with van der Waals surface area (Å²) >= 11 is 3.39. The number of ether oxygens (including phenoxy) is 1. The van der Waals surface area contributed by atoms with Crippen LogP contribution in [0, 0.1) is 0 Å². The van der Waals surface area contributed by atoms with Crippen LogP contribution in [0.2, 0.25) is 0 Å². The molecule has 0 amide bonds. The molecule has 2 heterocycles. The first kappa shape index (κ1) is 17.0. The summed E-state index contributed by atoms with van der Waals surface area (Å²) in [5, 5.41) is 3.37. The van der Waals surface area contributed by atoms with Gasteiger partial charge in [0, 0.05) is 42.5 Å². The Hall–Kier alpha value is -1.86. The molecule has 1 aliphatic heterocycles. The van der Waals surface area contributed by atoms with E-state index in [2.05, 4.69) is 38.1 Å².